The molecule has 0 radical (unpaired) electrons. The first-order valence-corrected chi connectivity index (χ1v) is 19.9. The van der Waals surface area contributed by atoms with Crippen molar-refractivity contribution in [2.75, 3.05) is 0 Å². The first-order valence-electron chi connectivity index (χ1n) is 10.9. The molecular weight excluding hydrogens is 617 g/mol. The van der Waals surface area contributed by atoms with Crippen LogP contribution in [0, 0.1) is 44.4 Å². The van der Waals surface area contributed by atoms with E-state index in [2.05, 4.69) is 79.8 Å². The number of benzene rings is 1. The molecule has 2 saturated carbocycles. The topological polar surface area (TPSA) is 0 Å². The fourth-order valence-corrected chi connectivity index (χ4v) is 5.28. The van der Waals surface area contributed by atoms with Gasteiger partial charge < -0.3 is 0 Å². The second-order valence-electron chi connectivity index (χ2n) is 9.37. The quantitative estimate of drug-likeness (QED) is 0.282. The van der Waals surface area contributed by atoms with E-state index in [1.165, 1.54) is 74.5 Å². The molecule has 1 aromatic carbocycles. The molecule has 2 fully saturated rings. The van der Waals surface area contributed by atoms with E-state index < -0.39 is 0 Å². The van der Waals surface area contributed by atoms with E-state index in [1.807, 2.05) is 0 Å². The summed E-state index contributed by atoms with van der Waals surface area (Å²) in [6, 6.07) is 4.88. The predicted molar refractivity (Wildman–Crippen MR) is 147 cm³/mol. The number of hydrogen-bond donors (Lipinski definition) is 0. The molecule has 169 valence electrons. The zero-order valence-corrected chi connectivity index (χ0v) is 23.5. The van der Waals surface area contributed by atoms with Gasteiger partial charge in [0.1, 0.15) is 0 Å². The summed E-state index contributed by atoms with van der Waals surface area (Å²) in [7, 11) is 0.628. The molecule has 3 heteroatoms. The van der Waals surface area contributed by atoms with Gasteiger partial charge in [0.15, 0.2) is 0 Å². The van der Waals surface area contributed by atoms with E-state index in [0.717, 1.165) is 23.7 Å². The molecule has 2 aliphatic carbocycles. The van der Waals surface area contributed by atoms with Gasteiger partial charge in [-0.15, -0.1) is 0 Å². The molecule has 0 nitrogen and oxygen atoms in total. The Hall–Kier alpha value is 1.26. The molecule has 0 unspecified atom stereocenters. The summed E-state index contributed by atoms with van der Waals surface area (Å²) < 4.78 is 0. The van der Waals surface area contributed by atoms with E-state index in [4.69, 9.17) is 0 Å². The van der Waals surface area contributed by atoms with E-state index in [1.54, 1.807) is 12.0 Å². The molecule has 0 atom stereocenters. The molecule has 0 N–H and O–H groups in total. The van der Waals surface area contributed by atoms with E-state index in [0.29, 0.717) is 9.47 Å². The molecule has 29 heavy (non-hydrogen) atoms. The Kier molecular flexibility index (Phi) is 16.7. The molecule has 0 aliphatic heterocycles. The van der Waals surface area contributed by atoms with Gasteiger partial charge in [0.25, 0.3) is 0 Å². The Morgan fingerprint density at radius 2 is 1.14 bits per heavy atom. The number of halogens is 2. The van der Waals surface area contributed by atoms with Gasteiger partial charge in [-0.05, 0) is 92.4 Å². The van der Waals surface area contributed by atoms with Crippen LogP contribution in [0.25, 0.3) is 0 Å². The van der Waals surface area contributed by atoms with Gasteiger partial charge >= 0.3 is 49.4 Å². The second-order valence-corrected chi connectivity index (χ2v) is 21.2. The minimum absolute atomic E-state index is 0. The van der Waals surface area contributed by atoms with Gasteiger partial charge in [-0.2, -0.15) is 0 Å². The van der Waals surface area contributed by atoms with Crippen molar-refractivity contribution in [1.29, 1.82) is 0 Å². The third-order valence-corrected chi connectivity index (χ3v) is 7.28. The zero-order chi connectivity index (χ0) is 19.8. The third-order valence-electron chi connectivity index (χ3n) is 7.28. The molecule has 3 rings (SSSR count). The molecular formula is C26H46I2V. The Bertz CT molecular complexity index is 533. The van der Waals surface area contributed by atoms with Crippen molar-refractivity contribution in [1.82, 2.24) is 0 Å². The van der Waals surface area contributed by atoms with E-state index >= 15 is 0 Å². The molecule has 2 aliphatic rings. The standard InChI is InChI=1S/C24H38.2CH4.2HI.V/c1-17-5-7-21(8-6-17)15-22-9-11-23(12-10-22)16-24-13-18(2)20(4)19(3)14-24;;;;;/h13-14,17,21-23H,5-12,15-16H2,1-4H3;2*1H4;2*1H;/q;;;;;+2/p-2. The molecule has 0 aromatic heterocycles. The fraction of sp³-hybridized carbons (Fsp3) is 0.769. The van der Waals surface area contributed by atoms with Crippen LogP contribution in [-0.4, -0.2) is 0 Å². The predicted octanol–water partition coefficient (Wildman–Crippen LogP) is 10.2. The van der Waals surface area contributed by atoms with Crippen LogP contribution in [0.4, 0.5) is 0 Å². The maximum atomic E-state index is 2.44. The molecule has 0 saturated heterocycles. The molecule has 0 bridgehead atoms. The van der Waals surface area contributed by atoms with Crippen LogP contribution in [0.1, 0.15) is 102 Å². The SMILES string of the molecule is C.C.Cc1cc(CC2CCC(CC3CCC(C)CC3)CC2)cc(C)c1C.[I][V][I]. The van der Waals surface area contributed by atoms with Crippen molar-refractivity contribution in [2.24, 2.45) is 23.7 Å². The summed E-state index contributed by atoms with van der Waals surface area (Å²) in [5.41, 5.74) is 6.01. The van der Waals surface area contributed by atoms with Crippen LogP contribution in [0.15, 0.2) is 12.1 Å². The van der Waals surface area contributed by atoms with Crippen LogP contribution in [0.3, 0.4) is 0 Å². The van der Waals surface area contributed by atoms with Crippen LogP contribution in [-0.2, 0) is 15.9 Å². The van der Waals surface area contributed by atoms with Crippen molar-refractivity contribution >= 4 is 40.0 Å². The summed E-state index contributed by atoms with van der Waals surface area (Å²) in [6.45, 7) is 9.24. The third kappa shape index (κ3) is 10.6. The molecule has 0 amide bonds. The van der Waals surface area contributed by atoms with Crippen molar-refractivity contribution in [3.63, 3.8) is 0 Å². The summed E-state index contributed by atoms with van der Waals surface area (Å²) in [6.07, 6.45) is 14.8. The maximum absolute atomic E-state index is 2.44. The van der Waals surface area contributed by atoms with Crippen LogP contribution in [0.5, 0.6) is 0 Å². The number of hydrogen-bond acceptors (Lipinski definition) is 0. The summed E-state index contributed by atoms with van der Waals surface area (Å²) in [5, 5.41) is 0. The average molecular weight is 663 g/mol. The molecule has 1 aromatic rings. The first-order chi connectivity index (χ1) is 12.9. The zero-order valence-electron chi connectivity index (χ0n) is 17.7. The van der Waals surface area contributed by atoms with Crippen molar-refractivity contribution in [2.45, 2.75) is 107 Å². The van der Waals surface area contributed by atoms with E-state index in [-0.39, 0.29) is 14.9 Å². The van der Waals surface area contributed by atoms with Crippen molar-refractivity contribution in [3.8, 4) is 0 Å². The molecule has 0 spiro atoms. The summed E-state index contributed by atoms with van der Waals surface area (Å²) in [5.74, 6) is 4.04. The normalized spacial score (nSPS) is 26.3. The van der Waals surface area contributed by atoms with Crippen molar-refractivity contribution < 1.29 is 9.47 Å². The number of rotatable bonds is 4. The fourth-order valence-electron chi connectivity index (χ4n) is 5.28. The monoisotopic (exact) mass is 663 g/mol. The van der Waals surface area contributed by atoms with Crippen LogP contribution < -0.4 is 0 Å². The average Bonchev–Trinajstić information content (AvgIpc) is 2.64. The second kappa shape index (κ2) is 16.0. The summed E-state index contributed by atoms with van der Waals surface area (Å²) >= 11 is 4.74. The van der Waals surface area contributed by atoms with Crippen molar-refractivity contribution in [3.05, 3.63) is 34.4 Å². The van der Waals surface area contributed by atoms with Gasteiger partial charge in [-0.25, -0.2) is 0 Å². The van der Waals surface area contributed by atoms with Gasteiger partial charge in [0.05, 0.1) is 0 Å². The Labute approximate surface area is 212 Å². The van der Waals surface area contributed by atoms with Crippen LogP contribution in [0.2, 0.25) is 0 Å². The van der Waals surface area contributed by atoms with E-state index in [9.17, 15) is 0 Å². The number of aryl methyl sites for hydroxylation is 2. The molecule has 0 heterocycles. The Morgan fingerprint density at radius 3 is 1.59 bits per heavy atom. The van der Waals surface area contributed by atoms with Gasteiger partial charge in [-0.1, -0.05) is 72.4 Å². The van der Waals surface area contributed by atoms with Gasteiger partial charge in [0, 0.05) is 0 Å². The Balaban J connectivity index is 0.00000148. The first kappa shape index (κ1) is 30.3. The summed E-state index contributed by atoms with van der Waals surface area (Å²) in [4.78, 5) is 0. The van der Waals surface area contributed by atoms with Gasteiger partial charge in [0.2, 0.25) is 0 Å². The Morgan fingerprint density at radius 1 is 0.759 bits per heavy atom. The minimum atomic E-state index is 0. The van der Waals surface area contributed by atoms with Crippen LogP contribution >= 0.6 is 40.0 Å². The van der Waals surface area contributed by atoms with Gasteiger partial charge in [-0.3, -0.25) is 0 Å².